The third-order valence-electron chi connectivity index (χ3n) is 2.53. The molecule has 0 radical (unpaired) electrons. The summed E-state index contributed by atoms with van der Waals surface area (Å²) in [4.78, 5) is 12.7. The number of aromatic nitrogens is 1. The number of H-pyrrole nitrogens is 1. The van der Waals surface area contributed by atoms with Crippen molar-refractivity contribution in [2.24, 2.45) is 5.10 Å². The number of hydrazone groups is 1. The van der Waals surface area contributed by atoms with Crippen molar-refractivity contribution in [2.45, 2.75) is 6.18 Å². The lowest BCUT2D eigenvalue weighted by molar-refractivity contribution is -0.384. The molecule has 1 aromatic heterocycles. The number of nitro benzene ring substituents is 1. The van der Waals surface area contributed by atoms with E-state index in [-0.39, 0.29) is 5.69 Å². The number of aromatic amines is 1. The largest absolute Gasteiger partial charge is 0.416 e. The molecule has 0 aliphatic heterocycles. The minimum atomic E-state index is -4.64. The molecule has 0 saturated carbocycles. The second-order valence-corrected chi connectivity index (χ2v) is 3.98. The molecule has 0 saturated heterocycles. The Bertz CT molecular complexity index is 666. The third kappa shape index (κ3) is 3.59. The van der Waals surface area contributed by atoms with Crippen molar-refractivity contribution in [2.75, 3.05) is 5.43 Å². The zero-order valence-corrected chi connectivity index (χ0v) is 10.4. The van der Waals surface area contributed by atoms with Crippen LogP contribution in [0.1, 0.15) is 11.3 Å². The molecule has 1 heterocycles. The lowest BCUT2D eigenvalue weighted by Gasteiger charge is -2.08. The maximum absolute atomic E-state index is 12.5. The van der Waals surface area contributed by atoms with Crippen molar-refractivity contribution < 1.29 is 18.1 Å². The van der Waals surface area contributed by atoms with Crippen molar-refractivity contribution in [1.82, 2.24) is 4.98 Å². The molecule has 6 nitrogen and oxygen atoms in total. The van der Waals surface area contributed by atoms with E-state index in [0.29, 0.717) is 11.8 Å². The molecule has 0 unspecified atom stereocenters. The van der Waals surface area contributed by atoms with Gasteiger partial charge in [0.15, 0.2) is 0 Å². The zero-order chi connectivity index (χ0) is 15.5. The Morgan fingerprint density at radius 1 is 1.33 bits per heavy atom. The number of anilines is 1. The summed E-state index contributed by atoms with van der Waals surface area (Å²) in [6.07, 6.45) is -1.64. The first kappa shape index (κ1) is 14.6. The number of nitrogens with one attached hydrogen (secondary N) is 2. The van der Waals surface area contributed by atoms with Crippen LogP contribution >= 0.6 is 0 Å². The molecule has 2 rings (SSSR count). The fraction of sp³-hybridized carbons (Fsp3) is 0.0833. The molecule has 0 fully saturated rings. The SMILES string of the molecule is O=[N+]([O-])c1cc(C(F)(F)F)ccc1N/N=C/c1ccc[nH]1. The van der Waals surface area contributed by atoms with Crippen LogP contribution in [0, 0.1) is 10.1 Å². The van der Waals surface area contributed by atoms with Crippen molar-refractivity contribution in [3.8, 4) is 0 Å². The third-order valence-corrected chi connectivity index (χ3v) is 2.53. The number of halogens is 3. The molecule has 0 spiro atoms. The summed E-state index contributed by atoms with van der Waals surface area (Å²) in [7, 11) is 0. The number of rotatable bonds is 4. The smallest absolute Gasteiger partial charge is 0.360 e. The van der Waals surface area contributed by atoms with Crippen LogP contribution in [-0.4, -0.2) is 16.1 Å². The molecular formula is C12H9F3N4O2. The Labute approximate surface area is 116 Å². The highest BCUT2D eigenvalue weighted by atomic mass is 19.4. The Hall–Kier alpha value is -2.84. The molecule has 2 aromatic rings. The van der Waals surface area contributed by atoms with Crippen molar-refractivity contribution in [3.63, 3.8) is 0 Å². The van der Waals surface area contributed by atoms with Crippen LogP contribution in [0.15, 0.2) is 41.6 Å². The number of hydrogen-bond donors (Lipinski definition) is 2. The molecule has 0 amide bonds. The quantitative estimate of drug-likeness (QED) is 0.515. The predicted molar refractivity (Wildman–Crippen MR) is 70.1 cm³/mol. The zero-order valence-electron chi connectivity index (χ0n) is 10.4. The number of benzene rings is 1. The summed E-state index contributed by atoms with van der Waals surface area (Å²) in [5, 5.41) is 14.6. The highest BCUT2D eigenvalue weighted by Crippen LogP contribution is 2.34. The standard InChI is InChI=1S/C12H9F3N4O2/c13-12(14,15)8-3-4-10(11(6-8)19(20)21)18-17-7-9-2-1-5-16-9/h1-7,16,18H/b17-7+. The van der Waals surface area contributed by atoms with E-state index in [1.165, 1.54) is 6.21 Å². The normalized spacial score (nSPS) is 11.8. The van der Waals surface area contributed by atoms with Crippen LogP contribution < -0.4 is 5.43 Å². The van der Waals surface area contributed by atoms with Crippen molar-refractivity contribution in [1.29, 1.82) is 0 Å². The molecular weight excluding hydrogens is 289 g/mol. The Balaban J connectivity index is 2.25. The van der Waals surface area contributed by atoms with E-state index >= 15 is 0 Å². The van der Waals surface area contributed by atoms with Gasteiger partial charge in [-0.1, -0.05) is 0 Å². The monoisotopic (exact) mass is 298 g/mol. The second-order valence-electron chi connectivity index (χ2n) is 3.98. The maximum atomic E-state index is 12.5. The van der Waals surface area contributed by atoms with E-state index < -0.39 is 22.4 Å². The Morgan fingerprint density at radius 3 is 2.67 bits per heavy atom. The van der Waals surface area contributed by atoms with Crippen LogP contribution in [-0.2, 0) is 6.18 Å². The molecule has 2 N–H and O–H groups in total. The lowest BCUT2D eigenvalue weighted by Crippen LogP contribution is -2.06. The van der Waals surface area contributed by atoms with Crippen LogP contribution in [0.3, 0.4) is 0 Å². The summed E-state index contributed by atoms with van der Waals surface area (Å²) >= 11 is 0. The first-order valence-corrected chi connectivity index (χ1v) is 5.66. The molecule has 110 valence electrons. The topological polar surface area (TPSA) is 83.3 Å². The maximum Gasteiger partial charge on any atom is 0.416 e. The molecule has 21 heavy (non-hydrogen) atoms. The van der Waals surface area contributed by atoms with Gasteiger partial charge in [0.25, 0.3) is 5.69 Å². The second kappa shape index (κ2) is 5.65. The minimum Gasteiger partial charge on any atom is -0.360 e. The summed E-state index contributed by atoms with van der Waals surface area (Å²) in [5.41, 5.74) is 1.07. The van der Waals surface area contributed by atoms with Gasteiger partial charge in [-0.05, 0) is 24.3 Å². The molecule has 0 aliphatic carbocycles. The molecule has 0 aliphatic rings. The number of hydrogen-bond acceptors (Lipinski definition) is 4. The number of nitrogens with zero attached hydrogens (tertiary/aromatic N) is 2. The van der Waals surface area contributed by atoms with Crippen LogP contribution in [0.25, 0.3) is 0 Å². The van der Waals surface area contributed by atoms with E-state index in [4.69, 9.17) is 0 Å². The fourth-order valence-electron chi connectivity index (χ4n) is 1.55. The van der Waals surface area contributed by atoms with Gasteiger partial charge in [-0.25, -0.2) is 0 Å². The van der Waals surface area contributed by atoms with Gasteiger partial charge in [-0.15, -0.1) is 0 Å². The highest BCUT2D eigenvalue weighted by Gasteiger charge is 2.33. The first-order valence-electron chi connectivity index (χ1n) is 5.66. The van der Waals surface area contributed by atoms with E-state index in [0.717, 1.165) is 12.1 Å². The van der Waals surface area contributed by atoms with Crippen molar-refractivity contribution in [3.05, 3.63) is 57.9 Å². The van der Waals surface area contributed by atoms with E-state index in [1.54, 1.807) is 18.3 Å². The van der Waals surface area contributed by atoms with Gasteiger partial charge < -0.3 is 4.98 Å². The highest BCUT2D eigenvalue weighted by molar-refractivity contribution is 5.78. The van der Waals surface area contributed by atoms with Crippen molar-refractivity contribution >= 4 is 17.6 Å². The summed E-state index contributed by atoms with van der Waals surface area (Å²) in [6, 6.07) is 5.60. The molecule has 9 heteroatoms. The number of alkyl halides is 3. The lowest BCUT2D eigenvalue weighted by atomic mass is 10.1. The first-order chi connectivity index (χ1) is 9.88. The van der Waals surface area contributed by atoms with E-state index in [1.807, 2.05) is 0 Å². The summed E-state index contributed by atoms with van der Waals surface area (Å²) in [5.74, 6) is 0. The van der Waals surface area contributed by atoms with E-state index in [9.17, 15) is 23.3 Å². The van der Waals surface area contributed by atoms with Gasteiger partial charge in [-0.3, -0.25) is 15.5 Å². The Morgan fingerprint density at radius 2 is 2.10 bits per heavy atom. The minimum absolute atomic E-state index is 0.129. The molecule has 0 bridgehead atoms. The van der Waals surface area contributed by atoms with Gasteiger partial charge in [-0.2, -0.15) is 18.3 Å². The average Bonchev–Trinajstić information content (AvgIpc) is 2.90. The average molecular weight is 298 g/mol. The number of nitro groups is 1. The van der Waals surface area contributed by atoms with Crippen LogP contribution in [0.4, 0.5) is 24.5 Å². The van der Waals surface area contributed by atoms with E-state index in [2.05, 4.69) is 15.5 Å². The van der Waals surface area contributed by atoms with Crippen LogP contribution in [0.5, 0.6) is 0 Å². The molecule has 1 aromatic carbocycles. The Kier molecular flexibility index (Phi) is 3.92. The summed E-state index contributed by atoms with van der Waals surface area (Å²) in [6.45, 7) is 0. The van der Waals surface area contributed by atoms with Gasteiger partial charge >= 0.3 is 6.18 Å². The summed E-state index contributed by atoms with van der Waals surface area (Å²) < 4.78 is 37.6. The van der Waals surface area contributed by atoms with Gasteiger partial charge in [0.1, 0.15) is 5.69 Å². The fourth-order valence-corrected chi connectivity index (χ4v) is 1.55. The molecule has 0 atom stereocenters. The predicted octanol–water partition coefficient (Wildman–Crippen LogP) is 3.39. The van der Waals surface area contributed by atoms with Gasteiger partial charge in [0, 0.05) is 12.3 Å². The van der Waals surface area contributed by atoms with Crippen LogP contribution in [0.2, 0.25) is 0 Å². The van der Waals surface area contributed by atoms with Gasteiger partial charge in [0.2, 0.25) is 0 Å². The van der Waals surface area contributed by atoms with Gasteiger partial charge in [0.05, 0.1) is 22.4 Å².